The maximum Gasteiger partial charge on any atom is 0.215 e. The van der Waals surface area contributed by atoms with Crippen molar-refractivity contribution >= 4 is 34.2 Å². The average Bonchev–Trinajstić information content (AvgIpc) is 1.99. The summed E-state index contributed by atoms with van der Waals surface area (Å²) in [6.45, 7) is 4.86. The zero-order valence-electron chi connectivity index (χ0n) is 7.55. The Labute approximate surface area is 96.8 Å². The highest BCUT2D eigenvalue weighted by Crippen LogP contribution is 2.18. The molecule has 0 spiro atoms. The lowest BCUT2D eigenvalue weighted by Crippen LogP contribution is -2.05. The van der Waals surface area contributed by atoms with Crippen LogP contribution in [-0.2, 0) is 0 Å². The SMILES string of the molecule is CC(C)COc1cc(I)cc(Cl)n1. The van der Waals surface area contributed by atoms with Crippen molar-refractivity contribution in [1.29, 1.82) is 0 Å². The molecule has 0 aromatic carbocycles. The van der Waals surface area contributed by atoms with Crippen molar-refractivity contribution in [2.75, 3.05) is 6.61 Å². The van der Waals surface area contributed by atoms with Gasteiger partial charge in [0, 0.05) is 9.64 Å². The third kappa shape index (κ3) is 4.13. The van der Waals surface area contributed by atoms with Gasteiger partial charge in [0.25, 0.3) is 0 Å². The van der Waals surface area contributed by atoms with Crippen molar-refractivity contribution < 1.29 is 4.74 Å². The van der Waals surface area contributed by atoms with Crippen molar-refractivity contribution in [1.82, 2.24) is 4.98 Å². The summed E-state index contributed by atoms with van der Waals surface area (Å²) in [6, 6.07) is 3.67. The predicted molar refractivity (Wildman–Crippen MR) is 62.3 cm³/mol. The van der Waals surface area contributed by atoms with Gasteiger partial charge in [0.15, 0.2) is 0 Å². The number of hydrogen-bond donors (Lipinski definition) is 0. The molecule has 2 nitrogen and oxygen atoms in total. The van der Waals surface area contributed by atoms with E-state index in [4.69, 9.17) is 16.3 Å². The Bertz CT molecular complexity index is 271. The van der Waals surface area contributed by atoms with Gasteiger partial charge in [-0.25, -0.2) is 4.98 Å². The van der Waals surface area contributed by atoms with Crippen molar-refractivity contribution in [3.8, 4) is 5.88 Å². The minimum atomic E-state index is 0.477. The quantitative estimate of drug-likeness (QED) is 0.631. The molecule has 0 aliphatic heterocycles. The second-order valence-corrected chi connectivity index (χ2v) is 4.78. The molecule has 0 N–H and O–H groups in total. The number of halogens is 2. The summed E-state index contributed by atoms with van der Waals surface area (Å²) in [5.74, 6) is 1.10. The minimum absolute atomic E-state index is 0.477. The van der Waals surface area contributed by atoms with Gasteiger partial charge in [-0.05, 0) is 34.6 Å². The minimum Gasteiger partial charge on any atom is -0.477 e. The first-order valence-electron chi connectivity index (χ1n) is 4.04. The van der Waals surface area contributed by atoms with Crippen molar-refractivity contribution in [3.05, 3.63) is 20.9 Å². The molecule has 1 rings (SSSR count). The van der Waals surface area contributed by atoms with Crippen LogP contribution in [0.5, 0.6) is 5.88 Å². The highest BCUT2D eigenvalue weighted by atomic mass is 127. The summed E-state index contributed by atoms with van der Waals surface area (Å²) >= 11 is 7.95. The van der Waals surface area contributed by atoms with Crippen LogP contribution >= 0.6 is 34.2 Å². The van der Waals surface area contributed by atoms with E-state index in [2.05, 4.69) is 41.4 Å². The fourth-order valence-corrected chi connectivity index (χ4v) is 1.72. The van der Waals surface area contributed by atoms with Crippen LogP contribution in [0.15, 0.2) is 12.1 Å². The first kappa shape index (κ1) is 11.0. The third-order valence-electron chi connectivity index (χ3n) is 1.30. The Morgan fingerprint density at radius 2 is 2.23 bits per heavy atom. The van der Waals surface area contributed by atoms with Crippen LogP contribution in [0.3, 0.4) is 0 Å². The maximum atomic E-state index is 5.77. The molecule has 0 bridgehead atoms. The van der Waals surface area contributed by atoms with Crippen molar-refractivity contribution in [2.24, 2.45) is 5.92 Å². The Hall–Kier alpha value is -0.0300. The Kier molecular flexibility index (Phi) is 4.25. The van der Waals surface area contributed by atoms with E-state index in [-0.39, 0.29) is 0 Å². The van der Waals surface area contributed by atoms with Crippen molar-refractivity contribution in [2.45, 2.75) is 13.8 Å². The van der Waals surface area contributed by atoms with E-state index in [1.807, 2.05) is 6.07 Å². The van der Waals surface area contributed by atoms with E-state index < -0.39 is 0 Å². The molecule has 0 saturated heterocycles. The Balaban J connectivity index is 2.66. The van der Waals surface area contributed by atoms with Crippen LogP contribution in [0, 0.1) is 9.49 Å². The zero-order valence-corrected chi connectivity index (χ0v) is 10.5. The van der Waals surface area contributed by atoms with Gasteiger partial charge in [0.1, 0.15) is 5.15 Å². The monoisotopic (exact) mass is 311 g/mol. The van der Waals surface area contributed by atoms with Gasteiger partial charge in [-0.3, -0.25) is 0 Å². The van der Waals surface area contributed by atoms with E-state index in [0.717, 1.165) is 3.57 Å². The average molecular weight is 312 g/mol. The molecule has 0 aliphatic carbocycles. The molecule has 1 aromatic heterocycles. The molecule has 0 atom stereocenters. The van der Waals surface area contributed by atoms with E-state index in [1.54, 1.807) is 6.07 Å². The fourth-order valence-electron chi connectivity index (χ4n) is 0.769. The van der Waals surface area contributed by atoms with Gasteiger partial charge in [-0.1, -0.05) is 25.4 Å². The number of aromatic nitrogens is 1. The fraction of sp³-hybridized carbons (Fsp3) is 0.444. The largest absolute Gasteiger partial charge is 0.477 e. The number of hydrogen-bond acceptors (Lipinski definition) is 2. The molecule has 13 heavy (non-hydrogen) atoms. The Morgan fingerprint density at radius 1 is 1.54 bits per heavy atom. The van der Waals surface area contributed by atoms with E-state index >= 15 is 0 Å². The third-order valence-corrected chi connectivity index (χ3v) is 2.12. The second-order valence-electron chi connectivity index (χ2n) is 3.15. The summed E-state index contributed by atoms with van der Waals surface area (Å²) < 4.78 is 6.47. The normalized spacial score (nSPS) is 10.5. The summed E-state index contributed by atoms with van der Waals surface area (Å²) in [5.41, 5.74) is 0. The molecule has 1 aromatic rings. The number of nitrogens with zero attached hydrogens (tertiary/aromatic N) is 1. The van der Waals surface area contributed by atoms with Crippen molar-refractivity contribution in [3.63, 3.8) is 0 Å². The molecular weight excluding hydrogens is 300 g/mol. The first-order valence-corrected chi connectivity index (χ1v) is 5.49. The summed E-state index contributed by atoms with van der Waals surface area (Å²) in [5, 5.41) is 0.477. The zero-order chi connectivity index (χ0) is 9.84. The predicted octanol–water partition coefficient (Wildman–Crippen LogP) is 3.37. The maximum absolute atomic E-state index is 5.77. The lowest BCUT2D eigenvalue weighted by molar-refractivity contribution is 0.261. The molecular formula is C9H11ClINO. The van der Waals surface area contributed by atoms with Gasteiger partial charge in [0.05, 0.1) is 6.61 Å². The highest BCUT2D eigenvalue weighted by Gasteiger charge is 2.01. The molecule has 0 amide bonds. The highest BCUT2D eigenvalue weighted by molar-refractivity contribution is 14.1. The van der Waals surface area contributed by atoms with E-state index in [1.165, 1.54) is 0 Å². The van der Waals surface area contributed by atoms with Crippen LogP contribution in [-0.4, -0.2) is 11.6 Å². The smallest absolute Gasteiger partial charge is 0.215 e. The van der Waals surface area contributed by atoms with Gasteiger partial charge >= 0.3 is 0 Å². The lowest BCUT2D eigenvalue weighted by Gasteiger charge is -2.07. The summed E-state index contributed by atoms with van der Waals surface area (Å²) in [7, 11) is 0. The first-order chi connectivity index (χ1) is 6.08. The van der Waals surface area contributed by atoms with Gasteiger partial charge in [-0.2, -0.15) is 0 Å². The van der Waals surface area contributed by atoms with Gasteiger partial charge < -0.3 is 4.74 Å². The van der Waals surface area contributed by atoms with Crippen LogP contribution < -0.4 is 4.74 Å². The summed E-state index contributed by atoms with van der Waals surface area (Å²) in [4.78, 5) is 4.04. The second kappa shape index (κ2) is 5.00. The van der Waals surface area contributed by atoms with E-state index in [9.17, 15) is 0 Å². The van der Waals surface area contributed by atoms with Gasteiger partial charge in [-0.15, -0.1) is 0 Å². The Morgan fingerprint density at radius 3 is 2.77 bits per heavy atom. The number of rotatable bonds is 3. The molecule has 0 saturated carbocycles. The molecule has 0 unspecified atom stereocenters. The molecule has 0 fully saturated rings. The summed E-state index contributed by atoms with van der Waals surface area (Å²) in [6.07, 6.45) is 0. The van der Waals surface area contributed by atoms with Crippen LogP contribution in [0.2, 0.25) is 5.15 Å². The molecule has 1 heterocycles. The van der Waals surface area contributed by atoms with Crippen LogP contribution in [0.25, 0.3) is 0 Å². The molecule has 0 radical (unpaired) electrons. The molecule has 72 valence electrons. The molecule has 0 aliphatic rings. The van der Waals surface area contributed by atoms with Crippen LogP contribution in [0.1, 0.15) is 13.8 Å². The topological polar surface area (TPSA) is 22.1 Å². The van der Waals surface area contributed by atoms with E-state index in [0.29, 0.717) is 23.6 Å². The molecule has 4 heteroatoms. The van der Waals surface area contributed by atoms with Gasteiger partial charge in [0.2, 0.25) is 5.88 Å². The van der Waals surface area contributed by atoms with Crippen LogP contribution in [0.4, 0.5) is 0 Å². The lowest BCUT2D eigenvalue weighted by atomic mass is 10.2. The number of pyridine rings is 1. The standard InChI is InChI=1S/C9H11ClINO/c1-6(2)5-13-9-4-7(11)3-8(10)12-9/h3-4,6H,5H2,1-2H3. The number of ether oxygens (including phenoxy) is 1.